The third-order valence-electron chi connectivity index (χ3n) is 7.29. The molecule has 4 saturated carbocycles. The number of aliphatic hydroxyl groups is 1. The van der Waals surface area contributed by atoms with E-state index in [0.29, 0.717) is 23.3 Å². The molecule has 1 heterocycles. The molecule has 3 unspecified atom stereocenters. The second-order valence-corrected chi connectivity index (χ2v) is 9.45. The van der Waals surface area contributed by atoms with Gasteiger partial charge in [-0.2, -0.15) is 0 Å². The first kappa shape index (κ1) is 20.9. The van der Waals surface area contributed by atoms with Crippen LogP contribution in [0, 0.1) is 17.8 Å². The number of oxime groups is 1. The fourth-order valence-electron chi connectivity index (χ4n) is 6.30. The number of carbonyl (C=O) groups excluding carboxylic acids is 2. The van der Waals surface area contributed by atoms with Gasteiger partial charge >= 0.3 is 11.9 Å². The van der Waals surface area contributed by atoms with Crippen LogP contribution in [0.1, 0.15) is 55.8 Å². The van der Waals surface area contributed by atoms with Gasteiger partial charge in [0, 0.05) is 24.2 Å². The van der Waals surface area contributed by atoms with Crippen molar-refractivity contribution in [3.63, 3.8) is 0 Å². The normalized spacial score (nSPS) is 32.0. The Balaban J connectivity index is 1.42. The fraction of sp³-hybridized carbons (Fsp3) is 0.565. The maximum Gasteiger partial charge on any atom is 0.443 e. The summed E-state index contributed by atoms with van der Waals surface area (Å²) in [6, 6.07) is 0.223. The van der Waals surface area contributed by atoms with Gasteiger partial charge in [0.05, 0.1) is 29.2 Å². The molecule has 4 bridgehead atoms. The van der Waals surface area contributed by atoms with Gasteiger partial charge in [-0.25, -0.2) is 9.59 Å². The van der Waals surface area contributed by atoms with Crippen molar-refractivity contribution in [3.8, 4) is 0 Å². The zero-order chi connectivity index (χ0) is 22.5. The van der Waals surface area contributed by atoms with Crippen LogP contribution in [-0.2, 0) is 25.6 Å². The molecule has 32 heavy (non-hydrogen) atoms. The Morgan fingerprint density at radius 3 is 2.72 bits per heavy atom. The van der Waals surface area contributed by atoms with Gasteiger partial charge in [0.1, 0.15) is 0 Å². The summed E-state index contributed by atoms with van der Waals surface area (Å²) in [7, 11) is 0. The number of hydrogen-bond acceptors (Lipinski definition) is 8. The Bertz CT molecular complexity index is 1000. The number of rotatable bonds is 5. The summed E-state index contributed by atoms with van der Waals surface area (Å²) in [5.41, 5.74) is 8.85. The molecule has 5 atom stereocenters. The van der Waals surface area contributed by atoms with E-state index in [0.717, 1.165) is 55.5 Å². The molecule has 170 valence electrons. The molecule has 1 aromatic heterocycles. The minimum atomic E-state index is -1.23. The van der Waals surface area contributed by atoms with Crippen molar-refractivity contribution < 1.29 is 24.3 Å². The molecule has 4 N–H and O–H groups in total. The summed E-state index contributed by atoms with van der Waals surface area (Å²) >= 11 is 0. The summed E-state index contributed by atoms with van der Waals surface area (Å²) in [5.74, 6) is -1.01. The van der Waals surface area contributed by atoms with Crippen LogP contribution in [0.25, 0.3) is 6.08 Å². The van der Waals surface area contributed by atoms with Gasteiger partial charge < -0.3 is 25.7 Å². The van der Waals surface area contributed by atoms with Crippen molar-refractivity contribution in [2.75, 3.05) is 11.9 Å². The highest BCUT2D eigenvalue weighted by atomic mass is 16.7. The zero-order valence-corrected chi connectivity index (χ0v) is 18.0. The lowest BCUT2D eigenvalue weighted by atomic mass is 9.52. The standard InChI is InChI=1S/C23H28N4O5/c1-2-31-21(28)22(29)32-27-20(24)16-11-25-17-5-3-4-15(17)19(16)26-18-13-6-12-7-14(18)10-23(30,8-12)9-13/h3-4,11-14,18,30H,2,5-10H2,1H3,(H2,24,27)(H,25,26)/t12?,13-,14+,18?,23?. The first-order chi connectivity index (χ1) is 15.4. The van der Waals surface area contributed by atoms with Gasteiger partial charge in [0.15, 0.2) is 5.84 Å². The van der Waals surface area contributed by atoms with Crippen LogP contribution < -0.4 is 11.1 Å². The van der Waals surface area contributed by atoms with Crippen molar-refractivity contribution >= 4 is 29.5 Å². The van der Waals surface area contributed by atoms with Crippen LogP contribution in [0.2, 0.25) is 0 Å². The van der Waals surface area contributed by atoms with Crippen LogP contribution >= 0.6 is 0 Å². The van der Waals surface area contributed by atoms with Crippen molar-refractivity contribution in [1.82, 2.24) is 4.98 Å². The summed E-state index contributed by atoms with van der Waals surface area (Å²) in [6.45, 7) is 1.65. The lowest BCUT2D eigenvalue weighted by molar-refractivity contribution is -0.167. The van der Waals surface area contributed by atoms with E-state index in [-0.39, 0.29) is 18.5 Å². The van der Waals surface area contributed by atoms with E-state index in [1.165, 1.54) is 0 Å². The number of amidine groups is 1. The topological polar surface area (TPSA) is 136 Å². The summed E-state index contributed by atoms with van der Waals surface area (Å²) in [5, 5.41) is 18.3. The Morgan fingerprint density at radius 1 is 1.28 bits per heavy atom. The van der Waals surface area contributed by atoms with Crippen LogP contribution in [-0.4, -0.2) is 46.1 Å². The number of allylic oxidation sites excluding steroid dienone is 1. The molecule has 5 aliphatic carbocycles. The number of hydrogen-bond donors (Lipinski definition) is 3. The molecule has 0 spiro atoms. The summed E-state index contributed by atoms with van der Waals surface area (Å²) in [4.78, 5) is 32.4. The third-order valence-corrected chi connectivity index (χ3v) is 7.29. The monoisotopic (exact) mass is 440 g/mol. The second-order valence-electron chi connectivity index (χ2n) is 9.45. The Labute approximate surface area is 186 Å². The van der Waals surface area contributed by atoms with E-state index in [1.54, 1.807) is 13.1 Å². The number of nitrogens with zero attached hydrogens (tertiary/aromatic N) is 2. The van der Waals surface area contributed by atoms with Gasteiger partial charge in [-0.15, -0.1) is 0 Å². The van der Waals surface area contributed by atoms with Gasteiger partial charge in [-0.05, 0) is 56.8 Å². The number of carbonyl (C=O) groups is 2. The van der Waals surface area contributed by atoms with E-state index >= 15 is 0 Å². The SMILES string of the molecule is CCOC(=O)C(=O)ON=C(N)c1cnc2c(c1NC1[C@@H]3CC4C[C@H]1CC(O)(C4)C3)C=CC2. The van der Waals surface area contributed by atoms with Crippen molar-refractivity contribution in [2.45, 2.75) is 57.1 Å². The number of aromatic nitrogens is 1. The van der Waals surface area contributed by atoms with Crippen LogP contribution in [0.15, 0.2) is 17.4 Å². The molecule has 0 amide bonds. The minimum absolute atomic E-state index is 0.0526. The average Bonchev–Trinajstić information content (AvgIpc) is 3.22. The van der Waals surface area contributed by atoms with Gasteiger partial charge in [0.25, 0.3) is 0 Å². The van der Waals surface area contributed by atoms with E-state index in [2.05, 4.69) is 25.0 Å². The Kier molecular flexibility index (Phi) is 5.16. The Hall–Kier alpha value is -2.94. The van der Waals surface area contributed by atoms with Gasteiger partial charge in [0.2, 0.25) is 0 Å². The fourth-order valence-corrected chi connectivity index (χ4v) is 6.30. The smallest absolute Gasteiger partial charge is 0.443 e. The summed E-state index contributed by atoms with van der Waals surface area (Å²) in [6.07, 6.45) is 11.2. The van der Waals surface area contributed by atoms with Crippen LogP contribution in [0.3, 0.4) is 0 Å². The predicted octanol–water partition coefficient (Wildman–Crippen LogP) is 1.73. The second kappa shape index (κ2) is 7.88. The lowest BCUT2D eigenvalue weighted by Crippen LogP contribution is -2.59. The quantitative estimate of drug-likeness (QED) is 0.157. The molecule has 1 aromatic rings. The largest absolute Gasteiger partial charge is 0.458 e. The van der Waals surface area contributed by atoms with E-state index in [9.17, 15) is 14.7 Å². The third kappa shape index (κ3) is 3.64. The average molecular weight is 441 g/mol. The molecular formula is C23H28N4O5. The molecule has 0 aliphatic heterocycles. The number of anilines is 1. The molecule has 0 saturated heterocycles. The molecule has 9 heteroatoms. The number of ether oxygens (including phenoxy) is 1. The van der Waals surface area contributed by atoms with E-state index in [1.807, 2.05) is 12.2 Å². The molecular weight excluding hydrogens is 412 g/mol. The zero-order valence-electron chi connectivity index (χ0n) is 18.0. The first-order valence-electron chi connectivity index (χ1n) is 11.3. The molecule has 4 fully saturated rings. The highest BCUT2D eigenvalue weighted by molar-refractivity contribution is 6.29. The number of fused-ring (bicyclic) bond motifs is 1. The predicted molar refractivity (Wildman–Crippen MR) is 116 cm³/mol. The van der Waals surface area contributed by atoms with E-state index < -0.39 is 17.5 Å². The van der Waals surface area contributed by atoms with Crippen molar-refractivity contribution in [2.24, 2.45) is 28.6 Å². The highest BCUT2D eigenvalue weighted by Crippen LogP contribution is 2.56. The van der Waals surface area contributed by atoms with Crippen LogP contribution in [0.5, 0.6) is 0 Å². The number of pyridine rings is 1. The molecule has 9 nitrogen and oxygen atoms in total. The van der Waals surface area contributed by atoms with Crippen molar-refractivity contribution in [3.05, 3.63) is 29.1 Å². The van der Waals surface area contributed by atoms with Crippen molar-refractivity contribution in [1.29, 1.82) is 0 Å². The number of nitrogens with one attached hydrogen (secondary N) is 1. The maximum atomic E-state index is 11.7. The van der Waals surface area contributed by atoms with Gasteiger partial charge in [-0.1, -0.05) is 17.3 Å². The maximum absolute atomic E-state index is 11.7. The molecule has 5 aliphatic rings. The molecule has 0 aromatic carbocycles. The van der Waals surface area contributed by atoms with E-state index in [4.69, 9.17) is 5.73 Å². The lowest BCUT2D eigenvalue weighted by Gasteiger charge is -2.58. The highest BCUT2D eigenvalue weighted by Gasteiger charge is 2.54. The molecule has 6 rings (SSSR count). The van der Waals surface area contributed by atoms with Crippen LogP contribution in [0.4, 0.5) is 5.69 Å². The number of esters is 1. The number of nitrogens with two attached hydrogens (primary N) is 1. The first-order valence-corrected chi connectivity index (χ1v) is 11.3. The minimum Gasteiger partial charge on any atom is -0.458 e. The van der Waals surface area contributed by atoms with Gasteiger partial charge in [-0.3, -0.25) is 4.98 Å². The summed E-state index contributed by atoms with van der Waals surface area (Å²) < 4.78 is 4.61. The molecule has 0 radical (unpaired) electrons. The Morgan fingerprint density at radius 2 is 2.03 bits per heavy atom.